The number of halogens is 1. The van der Waals surface area contributed by atoms with Crippen LogP contribution in [0.3, 0.4) is 0 Å². The Balaban J connectivity index is 2.18. The van der Waals surface area contributed by atoms with Crippen molar-refractivity contribution < 1.29 is 0 Å². The topological polar surface area (TPSA) is 53.6 Å². The minimum absolute atomic E-state index is 0.279. The van der Waals surface area contributed by atoms with Gasteiger partial charge < -0.3 is 0 Å². The third-order valence-corrected chi connectivity index (χ3v) is 3.23. The molecule has 0 radical (unpaired) electrons. The van der Waals surface area contributed by atoms with Gasteiger partial charge in [-0.3, -0.25) is 10.00 Å². The van der Waals surface area contributed by atoms with Gasteiger partial charge in [0.15, 0.2) is 0 Å². The van der Waals surface area contributed by atoms with Crippen LogP contribution in [0, 0.1) is 17.2 Å². The molecule has 4 nitrogen and oxygen atoms in total. The molecule has 1 N–H and O–H groups in total. The van der Waals surface area contributed by atoms with Crippen molar-refractivity contribution in [3.63, 3.8) is 0 Å². The van der Waals surface area contributed by atoms with Crippen molar-refractivity contribution in [1.29, 1.82) is 5.26 Å². The van der Waals surface area contributed by atoms with Crippen LogP contribution in [0.25, 0.3) is 0 Å². The molecule has 0 amide bonds. The second-order valence-corrected chi connectivity index (χ2v) is 5.45. The Morgan fingerprint density at radius 3 is 2.82 bits per heavy atom. The number of aromatic nitrogens is 2. The first-order chi connectivity index (χ1) is 8.05. The highest BCUT2D eigenvalue weighted by Gasteiger charge is 2.46. The highest BCUT2D eigenvalue weighted by Crippen LogP contribution is 2.40. The molecule has 1 aromatic heterocycles. The Bertz CT molecular complexity index is 430. The first-order valence-electron chi connectivity index (χ1n) is 5.92. The van der Waals surface area contributed by atoms with Crippen molar-refractivity contribution >= 4 is 11.6 Å². The molecular formula is C12H17ClN4. The summed E-state index contributed by atoms with van der Waals surface area (Å²) in [7, 11) is 0. The molecule has 0 aromatic carbocycles. The van der Waals surface area contributed by atoms with Crippen LogP contribution in [0.5, 0.6) is 0 Å². The number of hydrogen-bond acceptors (Lipinski definition) is 3. The Morgan fingerprint density at radius 1 is 1.71 bits per heavy atom. The minimum Gasteiger partial charge on any atom is -0.295 e. The Labute approximate surface area is 107 Å². The Morgan fingerprint density at radius 2 is 2.41 bits per heavy atom. The van der Waals surface area contributed by atoms with Gasteiger partial charge in [-0.15, -0.1) is 0 Å². The highest BCUT2D eigenvalue weighted by atomic mass is 35.5. The van der Waals surface area contributed by atoms with Crippen LogP contribution in [0.15, 0.2) is 12.4 Å². The van der Waals surface area contributed by atoms with E-state index in [1.165, 1.54) is 0 Å². The van der Waals surface area contributed by atoms with E-state index in [0.29, 0.717) is 17.5 Å². The molecule has 1 unspecified atom stereocenters. The molecule has 1 aliphatic rings. The maximum atomic E-state index is 9.52. The second kappa shape index (κ2) is 4.67. The zero-order valence-corrected chi connectivity index (χ0v) is 10.9. The van der Waals surface area contributed by atoms with E-state index in [4.69, 9.17) is 11.6 Å². The summed E-state index contributed by atoms with van der Waals surface area (Å²) >= 11 is 5.85. The fourth-order valence-electron chi connectivity index (χ4n) is 2.22. The van der Waals surface area contributed by atoms with E-state index in [-0.39, 0.29) is 6.04 Å². The lowest BCUT2D eigenvalue weighted by Crippen LogP contribution is -2.52. The van der Waals surface area contributed by atoms with Crippen molar-refractivity contribution in [2.75, 3.05) is 0 Å². The fraction of sp³-hybridized carbons (Fsp3) is 0.667. The summed E-state index contributed by atoms with van der Waals surface area (Å²) in [4.78, 5) is 0. The number of nitrogens with one attached hydrogen (secondary N) is 1. The van der Waals surface area contributed by atoms with Gasteiger partial charge in [0, 0.05) is 12.2 Å². The first kappa shape index (κ1) is 12.4. The van der Waals surface area contributed by atoms with Crippen LogP contribution < -0.4 is 5.32 Å². The van der Waals surface area contributed by atoms with Crippen molar-refractivity contribution in [2.45, 2.75) is 44.8 Å². The van der Waals surface area contributed by atoms with Gasteiger partial charge in [0.2, 0.25) is 0 Å². The molecule has 17 heavy (non-hydrogen) atoms. The molecule has 1 saturated carbocycles. The van der Waals surface area contributed by atoms with E-state index in [1.54, 1.807) is 17.1 Å². The molecule has 2 rings (SSSR count). The van der Waals surface area contributed by atoms with Gasteiger partial charge in [0.05, 0.1) is 23.8 Å². The predicted molar refractivity (Wildman–Crippen MR) is 66.6 cm³/mol. The maximum Gasteiger partial charge on any atom is 0.129 e. The van der Waals surface area contributed by atoms with E-state index in [2.05, 4.69) is 30.3 Å². The van der Waals surface area contributed by atoms with Gasteiger partial charge in [-0.05, 0) is 32.6 Å². The summed E-state index contributed by atoms with van der Waals surface area (Å²) in [5, 5.41) is 17.7. The molecular weight excluding hydrogens is 236 g/mol. The van der Waals surface area contributed by atoms with Gasteiger partial charge in [0.1, 0.15) is 5.54 Å². The molecule has 0 spiro atoms. The molecule has 5 heteroatoms. The quantitative estimate of drug-likeness (QED) is 0.874. The van der Waals surface area contributed by atoms with Gasteiger partial charge in [-0.1, -0.05) is 11.6 Å². The first-order valence-corrected chi connectivity index (χ1v) is 6.30. The summed E-state index contributed by atoms with van der Waals surface area (Å²) in [6.45, 7) is 4.67. The molecule has 92 valence electrons. The van der Waals surface area contributed by atoms with E-state index in [0.717, 1.165) is 12.8 Å². The SMILES string of the molecule is CC(C)NC(C#N)(Cn1cc(Cl)cn1)C1CC1. The predicted octanol–water partition coefficient (Wildman–Crippen LogP) is 2.21. The normalized spacial score (nSPS) is 19.0. The van der Waals surface area contributed by atoms with E-state index >= 15 is 0 Å². The minimum atomic E-state index is -0.510. The average Bonchev–Trinajstić information content (AvgIpc) is 3.03. The van der Waals surface area contributed by atoms with Gasteiger partial charge >= 0.3 is 0 Å². The summed E-state index contributed by atoms with van der Waals surface area (Å²) < 4.78 is 1.75. The van der Waals surface area contributed by atoms with Crippen molar-refractivity contribution in [3.8, 4) is 6.07 Å². The molecule has 1 fully saturated rings. The van der Waals surface area contributed by atoms with E-state index in [1.807, 2.05) is 0 Å². The van der Waals surface area contributed by atoms with Crippen molar-refractivity contribution in [2.24, 2.45) is 5.92 Å². The largest absolute Gasteiger partial charge is 0.295 e. The molecule has 1 heterocycles. The standard InChI is InChI=1S/C12H17ClN4/c1-9(2)16-12(7-14,10-3-4-10)8-17-6-11(13)5-15-17/h5-6,9-10,16H,3-4,8H2,1-2H3. The lowest BCUT2D eigenvalue weighted by atomic mass is 9.94. The zero-order valence-electron chi connectivity index (χ0n) is 10.2. The third-order valence-electron chi connectivity index (χ3n) is 3.03. The number of hydrogen-bond donors (Lipinski definition) is 1. The maximum absolute atomic E-state index is 9.52. The zero-order chi connectivity index (χ0) is 12.5. The smallest absolute Gasteiger partial charge is 0.129 e. The number of nitriles is 1. The molecule has 0 bridgehead atoms. The van der Waals surface area contributed by atoms with Crippen LogP contribution in [-0.4, -0.2) is 21.4 Å². The summed E-state index contributed by atoms with van der Waals surface area (Å²) in [5.74, 6) is 0.429. The van der Waals surface area contributed by atoms with Gasteiger partial charge in [-0.25, -0.2) is 0 Å². The number of nitrogens with zero attached hydrogens (tertiary/aromatic N) is 3. The fourth-order valence-corrected chi connectivity index (χ4v) is 2.38. The van der Waals surface area contributed by atoms with Crippen molar-refractivity contribution in [1.82, 2.24) is 15.1 Å². The lowest BCUT2D eigenvalue weighted by Gasteiger charge is -2.30. The van der Waals surface area contributed by atoms with Crippen molar-refractivity contribution in [3.05, 3.63) is 17.4 Å². The molecule has 1 aromatic rings. The number of rotatable bonds is 5. The second-order valence-electron chi connectivity index (χ2n) is 5.01. The monoisotopic (exact) mass is 252 g/mol. The van der Waals surface area contributed by atoms with Crippen LogP contribution in [-0.2, 0) is 6.54 Å². The molecule has 0 saturated heterocycles. The summed E-state index contributed by atoms with van der Waals surface area (Å²) in [6.07, 6.45) is 5.59. The molecule has 1 aliphatic carbocycles. The van der Waals surface area contributed by atoms with Crippen LogP contribution in [0.1, 0.15) is 26.7 Å². The van der Waals surface area contributed by atoms with E-state index < -0.39 is 5.54 Å². The molecule has 1 atom stereocenters. The summed E-state index contributed by atoms with van der Waals surface area (Å²) in [5.41, 5.74) is -0.510. The Kier molecular flexibility index (Phi) is 3.41. The third kappa shape index (κ3) is 2.80. The summed E-state index contributed by atoms with van der Waals surface area (Å²) in [6, 6.07) is 2.73. The highest BCUT2D eigenvalue weighted by molar-refractivity contribution is 6.30. The van der Waals surface area contributed by atoms with Gasteiger partial charge in [-0.2, -0.15) is 10.4 Å². The average molecular weight is 253 g/mol. The van der Waals surface area contributed by atoms with Crippen LogP contribution in [0.2, 0.25) is 5.02 Å². The van der Waals surface area contributed by atoms with Crippen LogP contribution >= 0.6 is 11.6 Å². The van der Waals surface area contributed by atoms with Gasteiger partial charge in [0.25, 0.3) is 0 Å². The molecule has 0 aliphatic heterocycles. The Hall–Kier alpha value is -1.05. The lowest BCUT2D eigenvalue weighted by molar-refractivity contribution is 0.284. The van der Waals surface area contributed by atoms with Crippen LogP contribution in [0.4, 0.5) is 0 Å². The van der Waals surface area contributed by atoms with E-state index in [9.17, 15) is 5.26 Å².